The second-order valence-electron chi connectivity index (χ2n) is 2.13. The van der Waals surface area contributed by atoms with Crippen molar-refractivity contribution in [2.45, 2.75) is 34.6 Å². The molecule has 0 aromatic carbocycles. The Kier molecular flexibility index (Phi) is 19.6. The highest BCUT2D eigenvalue weighted by Gasteiger charge is 2.10. The van der Waals surface area contributed by atoms with Crippen LogP contribution in [0.3, 0.4) is 0 Å². The van der Waals surface area contributed by atoms with Crippen LogP contribution >= 0.6 is 0 Å². The standard InChI is InChI=1S/C9H11NO2.2C2H6/c1-4-6-8(3)9(7-5-2)10(11)12;2*1-2/h4-7H,1-2H2,3H3;2*1-2H3/b8-6-,9-7+;;. The molecule has 0 fully saturated rings. The van der Waals surface area contributed by atoms with Gasteiger partial charge in [0.05, 0.1) is 4.92 Å². The molecule has 0 amide bonds. The minimum atomic E-state index is -0.447. The quantitative estimate of drug-likeness (QED) is 0.401. The predicted molar refractivity (Wildman–Crippen MR) is 71.9 cm³/mol. The molecule has 0 aliphatic heterocycles. The molecular formula is C13H23NO2. The number of nitro groups is 1. The van der Waals surface area contributed by atoms with E-state index in [-0.39, 0.29) is 5.70 Å². The van der Waals surface area contributed by atoms with Crippen molar-refractivity contribution in [3.63, 3.8) is 0 Å². The van der Waals surface area contributed by atoms with Crippen LogP contribution in [0.25, 0.3) is 0 Å². The first-order valence-electron chi connectivity index (χ1n) is 5.40. The van der Waals surface area contributed by atoms with Crippen molar-refractivity contribution in [3.05, 3.63) is 58.8 Å². The number of hydrogen-bond acceptors (Lipinski definition) is 2. The molecule has 0 heterocycles. The number of allylic oxidation sites excluding steroid dienone is 5. The molecule has 0 aromatic rings. The molecule has 0 atom stereocenters. The molecule has 16 heavy (non-hydrogen) atoms. The monoisotopic (exact) mass is 225 g/mol. The van der Waals surface area contributed by atoms with Crippen molar-refractivity contribution >= 4 is 0 Å². The first-order valence-corrected chi connectivity index (χ1v) is 5.40. The van der Waals surface area contributed by atoms with E-state index in [0.717, 1.165) is 0 Å². The Balaban J connectivity index is -0.000000376. The van der Waals surface area contributed by atoms with E-state index in [1.807, 2.05) is 27.7 Å². The summed E-state index contributed by atoms with van der Waals surface area (Å²) in [5, 5.41) is 10.4. The van der Waals surface area contributed by atoms with Gasteiger partial charge in [0, 0.05) is 11.6 Å². The summed E-state index contributed by atoms with van der Waals surface area (Å²) in [6, 6.07) is 0. The maximum Gasteiger partial charge on any atom is 0.272 e. The Morgan fingerprint density at radius 1 is 1.06 bits per heavy atom. The van der Waals surface area contributed by atoms with Gasteiger partial charge in [-0.3, -0.25) is 10.1 Å². The Hall–Kier alpha value is -1.64. The Labute approximate surface area is 99.0 Å². The summed E-state index contributed by atoms with van der Waals surface area (Å²) >= 11 is 0. The maximum atomic E-state index is 10.4. The molecule has 0 N–H and O–H groups in total. The zero-order chi connectivity index (χ0) is 13.6. The minimum Gasteiger partial charge on any atom is -0.258 e. The van der Waals surface area contributed by atoms with Gasteiger partial charge in [0.2, 0.25) is 0 Å². The summed E-state index contributed by atoms with van der Waals surface area (Å²) in [4.78, 5) is 9.97. The average molecular weight is 225 g/mol. The summed E-state index contributed by atoms with van der Waals surface area (Å²) in [7, 11) is 0. The van der Waals surface area contributed by atoms with Gasteiger partial charge in [0.1, 0.15) is 0 Å². The molecular weight excluding hydrogens is 202 g/mol. The number of rotatable bonds is 4. The summed E-state index contributed by atoms with van der Waals surface area (Å²) in [5.41, 5.74) is 0.611. The van der Waals surface area contributed by atoms with E-state index in [9.17, 15) is 10.1 Å². The second kappa shape index (κ2) is 15.8. The summed E-state index contributed by atoms with van der Waals surface area (Å²) in [6.07, 6.45) is 5.84. The molecule has 0 unspecified atom stereocenters. The number of nitrogens with zero attached hydrogens (tertiary/aromatic N) is 1. The smallest absolute Gasteiger partial charge is 0.258 e. The topological polar surface area (TPSA) is 43.1 Å². The van der Waals surface area contributed by atoms with Gasteiger partial charge in [-0.15, -0.1) is 0 Å². The molecule has 0 saturated heterocycles. The summed E-state index contributed by atoms with van der Waals surface area (Å²) in [6.45, 7) is 16.5. The van der Waals surface area contributed by atoms with Gasteiger partial charge in [-0.25, -0.2) is 0 Å². The van der Waals surface area contributed by atoms with Gasteiger partial charge in [0.25, 0.3) is 5.70 Å². The zero-order valence-electron chi connectivity index (χ0n) is 11.0. The van der Waals surface area contributed by atoms with E-state index in [4.69, 9.17) is 0 Å². The lowest BCUT2D eigenvalue weighted by Gasteiger charge is -1.94. The molecule has 0 saturated carbocycles. The largest absolute Gasteiger partial charge is 0.272 e. The fourth-order valence-corrected chi connectivity index (χ4v) is 0.710. The van der Waals surface area contributed by atoms with Gasteiger partial charge in [-0.2, -0.15) is 0 Å². The second-order valence-corrected chi connectivity index (χ2v) is 2.13. The summed E-state index contributed by atoms with van der Waals surface area (Å²) in [5.74, 6) is 0. The number of hydrogen-bond donors (Lipinski definition) is 0. The lowest BCUT2D eigenvalue weighted by Crippen LogP contribution is -1.99. The Morgan fingerprint density at radius 3 is 1.69 bits per heavy atom. The normalized spacial score (nSPS) is 10.1. The zero-order valence-corrected chi connectivity index (χ0v) is 11.0. The van der Waals surface area contributed by atoms with Crippen LogP contribution in [0.15, 0.2) is 48.7 Å². The molecule has 3 nitrogen and oxygen atoms in total. The van der Waals surface area contributed by atoms with Crippen LogP contribution < -0.4 is 0 Å². The van der Waals surface area contributed by atoms with Gasteiger partial charge in [-0.05, 0) is 6.92 Å². The van der Waals surface area contributed by atoms with E-state index in [1.54, 1.807) is 13.0 Å². The molecule has 0 rings (SSSR count). The Morgan fingerprint density at radius 2 is 1.44 bits per heavy atom. The van der Waals surface area contributed by atoms with Gasteiger partial charge in [0.15, 0.2) is 0 Å². The molecule has 0 aromatic heterocycles. The minimum absolute atomic E-state index is 0.0462. The fourth-order valence-electron chi connectivity index (χ4n) is 0.710. The lowest BCUT2D eigenvalue weighted by atomic mass is 10.2. The lowest BCUT2D eigenvalue weighted by molar-refractivity contribution is -0.420. The third kappa shape index (κ3) is 10.4. The average Bonchev–Trinajstić information content (AvgIpc) is 2.31. The van der Waals surface area contributed by atoms with Crippen molar-refractivity contribution in [2.75, 3.05) is 0 Å². The van der Waals surface area contributed by atoms with Gasteiger partial charge >= 0.3 is 0 Å². The first kappa shape index (κ1) is 19.9. The van der Waals surface area contributed by atoms with Crippen molar-refractivity contribution in [1.82, 2.24) is 0 Å². The van der Waals surface area contributed by atoms with Crippen molar-refractivity contribution in [3.8, 4) is 0 Å². The van der Waals surface area contributed by atoms with E-state index in [0.29, 0.717) is 5.57 Å². The van der Waals surface area contributed by atoms with Gasteiger partial charge in [-0.1, -0.05) is 59.1 Å². The van der Waals surface area contributed by atoms with E-state index in [1.165, 1.54) is 18.2 Å². The van der Waals surface area contributed by atoms with E-state index >= 15 is 0 Å². The van der Waals surface area contributed by atoms with Crippen LogP contribution in [-0.4, -0.2) is 4.92 Å². The molecule has 0 aliphatic rings. The van der Waals surface area contributed by atoms with Crippen LogP contribution in [0.1, 0.15) is 34.6 Å². The molecule has 3 heteroatoms. The highest BCUT2D eigenvalue weighted by molar-refractivity contribution is 5.28. The van der Waals surface area contributed by atoms with Crippen LogP contribution in [0.5, 0.6) is 0 Å². The van der Waals surface area contributed by atoms with Gasteiger partial charge < -0.3 is 0 Å². The van der Waals surface area contributed by atoms with Crippen LogP contribution in [0.4, 0.5) is 0 Å². The Bertz CT molecular complexity index is 263. The highest BCUT2D eigenvalue weighted by Crippen LogP contribution is 2.09. The molecule has 0 radical (unpaired) electrons. The highest BCUT2D eigenvalue weighted by atomic mass is 16.6. The molecule has 0 bridgehead atoms. The van der Waals surface area contributed by atoms with E-state index in [2.05, 4.69) is 13.2 Å². The first-order chi connectivity index (χ1) is 7.63. The van der Waals surface area contributed by atoms with Crippen LogP contribution in [0.2, 0.25) is 0 Å². The maximum absolute atomic E-state index is 10.4. The van der Waals surface area contributed by atoms with Crippen molar-refractivity contribution in [2.24, 2.45) is 0 Å². The van der Waals surface area contributed by atoms with Crippen LogP contribution in [-0.2, 0) is 0 Å². The van der Waals surface area contributed by atoms with Crippen molar-refractivity contribution in [1.29, 1.82) is 0 Å². The third-order valence-corrected chi connectivity index (χ3v) is 1.24. The fraction of sp³-hybridized carbons (Fsp3) is 0.385. The third-order valence-electron chi connectivity index (χ3n) is 1.24. The molecule has 0 aliphatic carbocycles. The predicted octanol–water partition coefficient (Wildman–Crippen LogP) is 4.52. The van der Waals surface area contributed by atoms with Crippen molar-refractivity contribution < 1.29 is 4.92 Å². The summed E-state index contributed by atoms with van der Waals surface area (Å²) < 4.78 is 0. The van der Waals surface area contributed by atoms with E-state index < -0.39 is 4.92 Å². The van der Waals surface area contributed by atoms with Crippen LogP contribution in [0, 0.1) is 10.1 Å². The SMILES string of the molecule is C=C/C=C(C)\C(=C/C=C)[N+](=O)[O-].CC.CC. The molecule has 92 valence electrons. The molecule has 0 spiro atoms.